The molecule has 0 saturated carbocycles. The number of hydrogen-bond donors (Lipinski definition) is 0. The molecule has 0 aliphatic rings. The van der Waals surface area contributed by atoms with Gasteiger partial charge in [-0.05, 0) is 0 Å². The van der Waals surface area contributed by atoms with E-state index in [1.807, 2.05) is 47.9 Å². The molecule has 0 aliphatic heterocycles. The number of para-hydroxylation sites is 1. The molecule has 0 N–H and O–H groups in total. The van der Waals surface area contributed by atoms with Crippen LogP contribution in [0.1, 0.15) is 6.92 Å². The first kappa shape index (κ1) is 13.2. The van der Waals surface area contributed by atoms with Crippen LogP contribution in [0.25, 0.3) is 10.9 Å². The van der Waals surface area contributed by atoms with E-state index in [0.29, 0.717) is 6.54 Å². The summed E-state index contributed by atoms with van der Waals surface area (Å²) in [5, 5.41) is 1.14. The van der Waals surface area contributed by atoms with Crippen LogP contribution in [0, 0.1) is 0 Å². The predicted octanol–water partition coefficient (Wildman–Crippen LogP) is 1.68. The fraction of sp³-hybridized carbons (Fsp3) is 0.118. The Balaban J connectivity index is 2.16. The molecular weight excluding hydrogens is 313 g/mol. The van der Waals surface area contributed by atoms with Crippen LogP contribution in [0.5, 0.6) is 0 Å². The summed E-state index contributed by atoms with van der Waals surface area (Å²) >= 11 is 0.0549. The van der Waals surface area contributed by atoms with Crippen molar-refractivity contribution in [3.05, 3.63) is 71.0 Å². The monoisotopic (exact) mass is 329 g/mol. The maximum absolute atomic E-state index is 12.6. The normalized spacial score (nSPS) is 10.8. The van der Waals surface area contributed by atoms with E-state index in [-0.39, 0.29) is 20.5 Å². The van der Waals surface area contributed by atoms with Crippen molar-refractivity contribution in [1.29, 1.82) is 0 Å². The van der Waals surface area contributed by atoms with Crippen LogP contribution < -0.4 is 14.5 Å². The van der Waals surface area contributed by atoms with Crippen LogP contribution in [0.3, 0.4) is 0 Å². The van der Waals surface area contributed by atoms with Crippen LogP contribution in [0.15, 0.2) is 65.5 Å². The maximum atomic E-state index is 12.6. The molecule has 3 heteroatoms. The Labute approximate surface area is 124 Å². The first-order valence-corrected chi connectivity index (χ1v) is 8.36. The number of rotatable bonds is 3. The fourth-order valence-electron chi connectivity index (χ4n) is 2.30. The summed E-state index contributed by atoms with van der Waals surface area (Å²) in [6.45, 7) is 2.73. The van der Waals surface area contributed by atoms with Crippen LogP contribution in [0.2, 0.25) is 0 Å². The zero-order valence-electron chi connectivity index (χ0n) is 11.2. The van der Waals surface area contributed by atoms with Crippen molar-refractivity contribution in [2.45, 2.75) is 13.5 Å². The quantitative estimate of drug-likeness (QED) is 0.671. The van der Waals surface area contributed by atoms with E-state index in [4.69, 9.17) is 0 Å². The molecule has 20 heavy (non-hydrogen) atoms. The molecule has 3 aromatic rings. The number of fused-ring (bicyclic) bond motifs is 1. The van der Waals surface area contributed by atoms with Crippen molar-refractivity contribution in [1.82, 2.24) is 4.57 Å². The number of aryl methyl sites for hydroxylation is 1. The van der Waals surface area contributed by atoms with E-state index < -0.39 is 0 Å². The Hall–Kier alpha value is -1.83. The number of nitrogens with zero attached hydrogens (tertiary/aromatic N) is 1. The topological polar surface area (TPSA) is 22.0 Å². The molecule has 2 nitrogen and oxygen atoms in total. The molecule has 1 aromatic heterocycles. The Bertz CT molecular complexity index is 793. The van der Waals surface area contributed by atoms with E-state index in [0.717, 1.165) is 15.4 Å². The van der Waals surface area contributed by atoms with Gasteiger partial charge >= 0.3 is 124 Å². The molecule has 0 unspecified atom stereocenters. The van der Waals surface area contributed by atoms with Crippen molar-refractivity contribution < 1.29 is 0 Å². The molecular formula is C17H15NOSe. The van der Waals surface area contributed by atoms with Crippen molar-refractivity contribution in [3.63, 3.8) is 0 Å². The minimum absolute atomic E-state index is 0.0549. The van der Waals surface area contributed by atoms with Gasteiger partial charge in [0.05, 0.1) is 0 Å². The standard InChI is InChI=1S/C17H15NOSe/c1-2-18-15-11-7-6-8-13(15)12-16(17(18)19)20-14-9-4-3-5-10-14/h3-12H,2H2,1H3. The molecule has 0 aliphatic carbocycles. The average molecular weight is 328 g/mol. The van der Waals surface area contributed by atoms with Crippen molar-refractivity contribution >= 4 is 34.8 Å². The van der Waals surface area contributed by atoms with Gasteiger partial charge in [-0.25, -0.2) is 0 Å². The molecule has 2 aromatic carbocycles. The van der Waals surface area contributed by atoms with Gasteiger partial charge < -0.3 is 0 Å². The predicted molar refractivity (Wildman–Crippen MR) is 85.3 cm³/mol. The number of benzene rings is 2. The summed E-state index contributed by atoms with van der Waals surface area (Å²) in [5.41, 5.74) is 1.17. The van der Waals surface area contributed by atoms with E-state index in [2.05, 4.69) is 24.3 Å². The third-order valence-electron chi connectivity index (χ3n) is 3.26. The number of aromatic nitrogens is 1. The van der Waals surface area contributed by atoms with Gasteiger partial charge in [0.1, 0.15) is 0 Å². The van der Waals surface area contributed by atoms with Crippen molar-refractivity contribution in [2.75, 3.05) is 0 Å². The molecule has 100 valence electrons. The Morgan fingerprint density at radius 3 is 2.45 bits per heavy atom. The van der Waals surface area contributed by atoms with E-state index in [1.165, 1.54) is 4.46 Å². The van der Waals surface area contributed by atoms with E-state index in [9.17, 15) is 4.79 Å². The molecule has 0 saturated heterocycles. The van der Waals surface area contributed by atoms with Gasteiger partial charge in [-0.15, -0.1) is 0 Å². The van der Waals surface area contributed by atoms with Crippen LogP contribution in [-0.4, -0.2) is 19.5 Å². The van der Waals surface area contributed by atoms with E-state index in [1.54, 1.807) is 0 Å². The second kappa shape index (κ2) is 5.66. The van der Waals surface area contributed by atoms with Crippen molar-refractivity contribution in [2.24, 2.45) is 0 Å². The van der Waals surface area contributed by atoms with Crippen LogP contribution in [-0.2, 0) is 6.54 Å². The third kappa shape index (κ3) is 2.43. The molecule has 0 bridgehead atoms. The minimum atomic E-state index is 0.0549. The first-order chi connectivity index (χ1) is 9.79. The Morgan fingerprint density at radius 1 is 1.00 bits per heavy atom. The van der Waals surface area contributed by atoms with Gasteiger partial charge in [0, 0.05) is 0 Å². The summed E-state index contributed by atoms with van der Waals surface area (Å²) in [7, 11) is 0. The molecule has 0 atom stereocenters. The van der Waals surface area contributed by atoms with Crippen LogP contribution in [0.4, 0.5) is 0 Å². The fourth-order valence-corrected chi connectivity index (χ4v) is 4.26. The molecule has 1 heterocycles. The van der Waals surface area contributed by atoms with Gasteiger partial charge in [0.25, 0.3) is 0 Å². The van der Waals surface area contributed by atoms with Gasteiger partial charge in [-0.1, -0.05) is 0 Å². The average Bonchev–Trinajstić information content (AvgIpc) is 2.49. The second-order valence-corrected chi connectivity index (χ2v) is 6.87. The Kier molecular flexibility index (Phi) is 3.72. The summed E-state index contributed by atoms with van der Waals surface area (Å²) in [6, 6.07) is 20.4. The number of hydrogen-bond acceptors (Lipinski definition) is 1. The SMILES string of the molecule is CCn1c(=O)c([Se]c2ccccc2)cc2ccccc21. The number of pyridine rings is 1. The van der Waals surface area contributed by atoms with Gasteiger partial charge in [-0.3, -0.25) is 0 Å². The van der Waals surface area contributed by atoms with Crippen molar-refractivity contribution in [3.8, 4) is 0 Å². The van der Waals surface area contributed by atoms with Gasteiger partial charge in [0.15, 0.2) is 0 Å². The zero-order valence-corrected chi connectivity index (χ0v) is 13.0. The summed E-state index contributed by atoms with van der Waals surface area (Å²) in [5.74, 6) is 0. The molecule has 0 fully saturated rings. The van der Waals surface area contributed by atoms with Gasteiger partial charge in [0.2, 0.25) is 0 Å². The van der Waals surface area contributed by atoms with Gasteiger partial charge in [-0.2, -0.15) is 0 Å². The molecule has 0 amide bonds. The molecule has 3 rings (SSSR count). The summed E-state index contributed by atoms with van der Waals surface area (Å²) < 4.78 is 4.02. The third-order valence-corrected chi connectivity index (χ3v) is 5.40. The Morgan fingerprint density at radius 2 is 1.70 bits per heavy atom. The molecule has 0 radical (unpaired) electrons. The second-order valence-electron chi connectivity index (χ2n) is 4.53. The molecule has 0 spiro atoms. The summed E-state index contributed by atoms with van der Waals surface area (Å²) in [4.78, 5) is 12.6. The van der Waals surface area contributed by atoms with E-state index >= 15 is 0 Å². The first-order valence-electron chi connectivity index (χ1n) is 6.65. The van der Waals surface area contributed by atoms with Crippen LogP contribution >= 0.6 is 0 Å². The zero-order chi connectivity index (χ0) is 13.9. The summed E-state index contributed by atoms with van der Waals surface area (Å²) in [6.07, 6.45) is 0.